The van der Waals surface area contributed by atoms with E-state index >= 15 is 0 Å². The predicted molar refractivity (Wildman–Crippen MR) is 53.9 cm³/mol. The fraction of sp³-hybridized carbons (Fsp3) is 0.125. The molecule has 0 unspecified atom stereocenters. The molecule has 0 bridgehead atoms. The Hall–Kier alpha value is -1.98. The van der Waals surface area contributed by atoms with Crippen molar-refractivity contribution in [3.63, 3.8) is 0 Å². The standard InChI is InChI=1S/C8H7N3O4S/c9-5-6-10-16(14,15)8-3-1-7(2-4-8)11(12)13/h1-4,10H,6H2. The molecule has 1 aromatic carbocycles. The van der Waals surface area contributed by atoms with Crippen molar-refractivity contribution in [2.24, 2.45) is 0 Å². The van der Waals surface area contributed by atoms with E-state index in [-0.39, 0.29) is 17.1 Å². The molecule has 84 valence electrons. The number of sulfonamides is 1. The molecule has 1 N–H and O–H groups in total. The van der Waals surface area contributed by atoms with Gasteiger partial charge in [-0.25, -0.2) is 8.42 Å². The lowest BCUT2D eigenvalue weighted by molar-refractivity contribution is -0.384. The molecule has 0 heterocycles. The van der Waals surface area contributed by atoms with Crippen LogP contribution in [0.25, 0.3) is 0 Å². The van der Waals surface area contributed by atoms with E-state index in [2.05, 4.69) is 0 Å². The topological polar surface area (TPSA) is 113 Å². The molecule has 0 amide bonds. The summed E-state index contributed by atoms with van der Waals surface area (Å²) >= 11 is 0. The monoisotopic (exact) mass is 241 g/mol. The number of nitriles is 1. The molecular formula is C8H7N3O4S. The highest BCUT2D eigenvalue weighted by molar-refractivity contribution is 7.89. The van der Waals surface area contributed by atoms with Crippen LogP contribution in [0.1, 0.15) is 0 Å². The van der Waals surface area contributed by atoms with E-state index in [0.717, 1.165) is 24.3 Å². The second kappa shape index (κ2) is 4.69. The minimum absolute atomic E-state index is 0.117. The smallest absolute Gasteiger partial charge is 0.258 e. The van der Waals surface area contributed by atoms with Crippen LogP contribution in [0.2, 0.25) is 0 Å². The minimum Gasteiger partial charge on any atom is -0.258 e. The van der Waals surface area contributed by atoms with Gasteiger partial charge in [0.1, 0.15) is 0 Å². The van der Waals surface area contributed by atoms with Gasteiger partial charge >= 0.3 is 0 Å². The molecule has 7 nitrogen and oxygen atoms in total. The van der Waals surface area contributed by atoms with Crippen LogP contribution in [0.5, 0.6) is 0 Å². The summed E-state index contributed by atoms with van der Waals surface area (Å²) in [6.45, 7) is -0.348. The van der Waals surface area contributed by atoms with Crippen molar-refractivity contribution in [1.29, 1.82) is 5.26 Å². The van der Waals surface area contributed by atoms with Crippen LogP contribution in [0, 0.1) is 21.4 Å². The molecule has 0 spiro atoms. The number of nitro benzene ring substituents is 1. The number of rotatable bonds is 4. The van der Waals surface area contributed by atoms with E-state index in [9.17, 15) is 18.5 Å². The Morgan fingerprint density at radius 3 is 2.38 bits per heavy atom. The Morgan fingerprint density at radius 1 is 1.38 bits per heavy atom. The summed E-state index contributed by atoms with van der Waals surface area (Å²) in [5.74, 6) is 0. The summed E-state index contributed by atoms with van der Waals surface area (Å²) in [4.78, 5) is 9.59. The minimum atomic E-state index is -3.76. The highest BCUT2D eigenvalue weighted by Gasteiger charge is 2.14. The summed E-state index contributed by atoms with van der Waals surface area (Å²) in [5.41, 5.74) is -0.195. The third-order valence-corrected chi connectivity index (χ3v) is 3.12. The summed E-state index contributed by atoms with van der Waals surface area (Å²) in [6.07, 6.45) is 0. The van der Waals surface area contributed by atoms with E-state index < -0.39 is 14.9 Å². The van der Waals surface area contributed by atoms with E-state index in [0.29, 0.717) is 0 Å². The van der Waals surface area contributed by atoms with Gasteiger partial charge in [0, 0.05) is 12.1 Å². The zero-order chi connectivity index (χ0) is 12.2. The van der Waals surface area contributed by atoms with Gasteiger partial charge in [-0.2, -0.15) is 9.98 Å². The van der Waals surface area contributed by atoms with Crippen molar-refractivity contribution in [3.8, 4) is 6.07 Å². The van der Waals surface area contributed by atoms with E-state index in [4.69, 9.17) is 5.26 Å². The largest absolute Gasteiger partial charge is 0.269 e. The second-order valence-corrected chi connectivity index (χ2v) is 4.50. The van der Waals surface area contributed by atoms with Crippen molar-refractivity contribution in [2.75, 3.05) is 6.54 Å². The van der Waals surface area contributed by atoms with Crippen LogP contribution in [-0.4, -0.2) is 19.9 Å². The highest BCUT2D eigenvalue weighted by atomic mass is 32.2. The number of benzene rings is 1. The SMILES string of the molecule is N#CCNS(=O)(=O)c1ccc([N+](=O)[O-])cc1. The van der Waals surface area contributed by atoms with Crippen LogP contribution >= 0.6 is 0 Å². The Kier molecular flexibility index (Phi) is 3.55. The average Bonchev–Trinajstić information content (AvgIpc) is 2.26. The number of hydrogen-bond donors (Lipinski definition) is 1. The van der Waals surface area contributed by atoms with Crippen molar-refractivity contribution >= 4 is 15.7 Å². The van der Waals surface area contributed by atoms with Crippen LogP contribution in [-0.2, 0) is 10.0 Å². The first kappa shape index (κ1) is 12.1. The summed E-state index contributed by atoms with van der Waals surface area (Å²) < 4.78 is 24.9. The normalized spacial score (nSPS) is 10.7. The summed E-state index contributed by atoms with van der Waals surface area (Å²) in [7, 11) is -3.76. The zero-order valence-corrected chi connectivity index (χ0v) is 8.77. The molecule has 8 heteroatoms. The zero-order valence-electron chi connectivity index (χ0n) is 7.95. The molecule has 0 saturated carbocycles. The van der Waals surface area contributed by atoms with Crippen LogP contribution < -0.4 is 4.72 Å². The highest BCUT2D eigenvalue weighted by Crippen LogP contribution is 2.15. The van der Waals surface area contributed by atoms with Crippen molar-refractivity contribution in [1.82, 2.24) is 4.72 Å². The van der Waals surface area contributed by atoms with Crippen LogP contribution in [0.4, 0.5) is 5.69 Å². The molecular weight excluding hydrogens is 234 g/mol. The van der Waals surface area contributed by atoms with Crippen LogP contribution in [0.15, 0.2) is 29.2 Å². The first-order valence-corrected chi connectivity index (χ1v) is 5.57. The molecule has 0 radical (unpaired) electrons. The lowest BCUT2D eigenvalue weighted by Crippen LogP contribution is -2.23. The molecule has 0 aliphatic heterocycles. The van der Waals surface area contributed by atoms with Gasteiger partial charge in [-0.05, 0) is 12.1 Å². The number of non-ortho nitro benzene ring substituents is 1. The molecule has 0 atom stereocenters. The maximum absolute atomic E-state index is 11.4. The first-order chi connectivity index (χ1) is 7.47. The van der Waals surface area contributed by atoms with Gasteiger partial charge in [-0.15, -0.1) is 0 Å². The third kappa shape index (κ3) is 2.75. The fourth-order valence-corrected chi connectivity index (χ4v) is 1.87. The van der Waals surface area contributed by atoms with Gasteiger partial charge in [-0.1, -0.05) is 0 Å². The van der Waals surface area contributed by atoms with Gasteiger partial charge in [-0.3, -0.25) is 10.1 Å². The molecule has 1 rings (SSSR count). The molecule has 0 fully saturated rings. The molecule has 0 aliphatic rings. The number of hydrogen-bond acceptors (Lipinski definition) is 5. The fourth-order valence-electron chi connectivity index (χ4n) is 0.958. The van der Waals surface area contributed by atoms with Gasteiger partial charge in [0.2, 0.25) is 10.0 Å². The van der Waals surface area contributed by atoms with E-state index in [1.807, 2.05) is 4.72 Å². The van der Waals surface area contributed by atoms with Crippen molar-refractivity contribution < 1.29 is 13.3 Å². The first-order valence-electron chi connectivity index (χ1n) is 4.08. The van der Waals surface area contributed by atoms with Crippen LogP contribution in [0.3, 0.4) is 0 Å². The molecule has 0 aromatic heterocycles. The molecule has 0 saturated heterocycles. The third-order valence-electron chi connectivity index (χ3n) is 1.70. The number of nitrogens with zero attached hydrogens (tertiary/aromatic N) is 2. The lowest BCUT2D eigenvalue weighted by atomic mass is 10.3. The van der Waals surface area contributed by atoms with Crippen molar-refractivity contribution in [3.05, 3.63) is 34.4 Å². The molecule has 0 aliphatic carbocycles. The van der Waals surface area contributed by atoms with Gasteiger partial charge in [0.25, 0.3) is 5.69 Å². The second-order valence-electron chi connectivity index (χ2n) is 2.73. The van der Waals surface area contributed by atoms with E-state index in [1.165, 1.54) is 0 Å². The van der Waals surface area contributed by atoms with Crippen molar-refractivity contribution in [2.45, 2.75) is 4.90 Å². The van der Waals surface area contributed by atoms with Gasteiger partial charge in [0.15, 0.2) is 0 Å². The van der Waals surface area contributed by atoms with Gasteiger partial charge in [0.05, 0.1) is 22.4 Å². The molecule has 1 aromatic rings. The van der Waals surface area contributed by atoms with E-state index in [1.54, 1.807) is 6.07 Å². The Morgan fingerprint density at radius 2 is 1.94 bits per heavy atom. The Bertz CT molecular complexity index is 529. The molecule has 16 heavy (non-hydrogen) atoms. The Labute approximate surface area is 91.5 Å². The summed E-state index contributed by atoms with van der Waals surface area (Å²) in [6, 6.07) is 6.01. The Balaban J connectivity index is 2.98. The number of nitro groups is 1. The maximum atomic E-state index is 11.4. The quantitative estimate of drug-likeness (QED) is 0.465. The van der Waals surface area contributed by atoms with Gasteiger partial charge < -0.3 is 0 Å². The summed E-state index contributed by atoms with van der Waals surface area (Å²) in [5, 5.41) is 18.6. The average molecular weight is 241 g/mol. The number of nitrogens with one attached hydrogen (secondary N) is 1. The lowest BCUT2D eigenvalue weighted by Gasteiger charge is -2.02. The maximum Gasteiger partial charge on any atom is 0.269 e. The predicted octanol–water partition coefficient (Wildman–Crippen LogP) is 0.397.